The summed E-state index contributed by atoms with van der Waals surface area (Å²) in [7, 11) is 0. The van der Waals surface area contributed by atoms with Crippen molar-refractivity contribution < 1.29 is 64.6 Å². The molecule has 14 heteroatoms. The largest absolute Gasteiger partial charge is 0.394 e. The van der Waals surface area contributed by atoms with E-state index in [-0.39, 0.29) is 18.9 Å². The summed E-state index contributed by atoms with van der Waals surface area (Å²) in [6.07, 6.45) is 25.2. The van der Waals surface area contributed by atoms with E-state index in [9.17, 15) is 45.6 Å². The summed E-state index contributed by atoms with van der Waals surface area (Å²) in [5.41, 5.74) is 0. The summed E-state index contributed by atoms with van der Waals surface area (Å²) in [5, 5.41) is 86.6. The molecule has 12 atom stereocenters. The fourth-order valence-corrected chi connectivity index (χ4v) is 7.55. The van der Waals surface area contributed by atoms with Gasteiger partial charge in [0.25, 0.3) is 0 Å². The molecule has 2 aliphatic heterocycles. The van der Waals surface area contributed by atoms with Crippen LogP contribution in [-0.2, 0) is 23.7 Å². The van der Waals surface area contributed by atoms with E-state index in [1.54, 1.807) is 0 Å². The third kappa shape index (κ3) is 23.6. The molecule has 2 fully saturated rings. The Balaban J connectivity index is 1.85. The van der Waals surface area contributed by atoms with E-state index < -0.39 is 86.8 Å². The lowest BCUT2D eigenvalue weighted by Gasteiger charge is -2.46. The van der Waals surface area contributed by atoms with Gasteiger partial charge >= 0.3 is 0 Å². The summed E-state index contributed by atoms with van der Waals surface area (Å²) < 4.78 is 22.7. The fraction of sp³-hybridized carbons (Fsp3) is 0.776. The molecule has 0 aromatic carbocycles. The number of hydrogen-bond acceptors (Lipinski definition) is 13. The van der Waals surface area contributed by atoms with Gasteiger partial charge in [-0.1, -0.05) is 145 Å². The van der Waals surface area contributed by atoms with Crippen LogP contribution in [0.5, 0.6) is 0 Å². The molecular weight excluding hydrogens is 811 g/mol. The van der Waals surface area contributed by atoms with Gasteiger partial charge in [-0.05, 0) is 57.8 Å². The molecule has 0 aromatic rings. The van der Waals surface area contributed by atoms with Gasteiger partial charge in [-0.15, -0.1) is 0 Å². The monoisotopic (exact) mass is 896 g/mol. The van der Waals surface area contributed by atoms with E-state index in [1.807, 2.05) is 0 Å². The van der Waals surface area contributed by atoms with Crippen LogP contribution in [0.15, 0.2) is 60.8 Å². The molecule has 0 spiro atoms. The summed E-state index contributed by atoms with van der Waals surface area (Å²) >= 11 is 0. The minimum Gasteiger partial charge on any atom is -0.394 e. The number of aliphatic hydroxyl groups excluding tert-OH is 8. The van der Waals surface area contributed by atoms with Gasteiger partial charge in [0, 0.05) is 6.42 Å². The Bertz CT molecular complexity index is 1290. The molecule has 0 aliphatic carbocycles. The van der Waals surface area contributed by atoms with Crippen LogP contribution >= 0.6 is 0 Å². The van der Waals surface area contributed by atoms with Crippen LogP contribution in [0.2, 0.25) is 0 Å². The van der Waals surface area contributed by atoms with Gasteiger partial charge in [0.1, 0.15) is 48.8 Å². The van der Waals surface area contributed by atoms with Gasteiger partial charge in [-0.2, -0.15) is 0 Å². The quantitative estimate of drug-likeness (QED) is 0.0284. The molecule has 0 saturated carbocycles. The van der Waals surface area contributed by atoms with Gasteiger partial charge in [-0.25, -0.2) is 0 Å². The maximum Gasteiger partial charge on any atom is 0.220 e. The number of amides is 1. The zero-order valence-electron chi connectivity index (χ0n) is 38.3. The molecule has 0 bridgehead atoms. The van der Waals surface area contributed by atoms with Gasteiger partial charge in [0.2, 0.25) is 5.91 Å². The Morgan fingerprint density at radius 3 is 1.67 bits per heavy atom. The van der Waals surface area contributed by atoms with Crippen molar-refractivity contribution in [1.82, 2.24) is 5.32 Å². The van der Waals surface area contributed by atoms with E-state index in [4.69, 9.17) is 18.9 Å². The van der Waals surface area contributed by atoms with Gasteiger partial charge in [0.05, 0.1) is 32.0 Å². The predicted octanol–water partition coefficient (Wildman–Crippen LogP) is 5.49. The van der Waals surface area contributed by atoms with Crippen LogP contribution in [0, 0.1) is 0 Å². The summed E-state index contributed by atoms with van der Waals surface area (Å²) in [6, 6.07) is -0.846. The predicted molar refractivity (Wildman–Crippen MR) is 244 cm³/mol. The van der Waals surface area contributed by atoms with Gasteiger partial charge < -0.3 is 65.1 Å². The lowest BCUT2D eigenvalue weighted by atomic mass is 9.97. The number of carbonyl (C=O) groups excluding carboxylic acids is 1. The molecule has 0 radical (unpaired) electrons. The van der Waals surface area contributed by atoms with Crippen LogP contribution in [0.1, 0.15) is 149 Å². The fourth-order valence-electron chi connectivity index (χ4n) is 7.55. The minimum absolute atomic E-state index is 0.244. The zero-order valence-corrected chi connectivity index (χ0v) is 38.3. The number of rotatable bonds is 35. The number of nitrogens with one attached hydrogen (secondary N) is 1. The Morgan fingerprint density at radius 2 is 1.10 bits per heavy atom. The summed E-state index contributed by atoms with van der Waals surface area (Å²) in [4.78, 5) is 13.1. The third-order valence-electron chi connectivity index (χ3n) is 11.5. The Kier molecular flexibility index (Phi) is 32.4. The second-order valence-corrected chi connectivity index (χ2v) is 16.9. The minimum atomic E-state index is -1.79. The molecule has 14 nitrogen and oxygen atoms in total. The molecular formula is C49H85NO13. The zero-order chi connectivity index (χ0) is 46.1. The molecule has 63 heavy (non-hydrogen) atoms. The van der Waals surface area contributed by atoms with E-state index in [1.165, 1.54) is 38.5 Å². The molecule has 2 aliphatic rings. The number of carbonyl (C=O) groups is 1. The highest BCUT2D eigenvalue weighted by molar-refractivity contribution is 5.76. The van der Waals surface area contributed by atoms with E-state index in [0.717, 1.165) is 77.0 Å². The van der Waals surface area contributed by atoms with Crippen LogP contribution < -0.4 is 5.32 Å². The van der Waals surface area contributed by atoms with Crippen molar-refractivity contribution in [1.29, 1.82) is 0 Å². The Labute approximate surface area is 377 Å². The summed E-state index contributed by atoms with van der Waals surface area (Å²) in [5.74, 6) is -0.244. The van der Waals surface area contributed by atoms with Crippen molar-refractivity contribution in [3.8, 4) is 0 Å². The second-order valence-electron chi connectivity index (χ2n) is 16.9. The van der Waals surface area contributed by atoms with Gasteiger partial charge in [0.15, 0.2) is 12.6 Å². The normalized spacial score (nSPS) is 28.0. The first-order valence-electron chi connectivity index (χ1n) is 24.0. The van der Waals surface area contributed by atoms with Crippen molar-refractivity contribution in [3.63, 3.8) is 0 Å². The molecule has 0 aromatic heterocycles. The second kappa shape index (κ2) is 35.9. The third-order valence-corrected chi connectivity index (χ3v) is 11.5. The first-order chi connectivity index (χ1) is 30.6. The maximum atomic E-state index is 13.1. The maximum absolute atomic E-state index is 13.1. The number of ether oxygens (including phenoxy) is 4. The van der Waals surface area contributed by atoms with Crippen molar-refractivity contribution in [3.05, 3.63) is 60.8 Å². The van der Waals surface area contributed by atoms with Crippen molar-refractivity contribution >= 4 is 5.91 Å². The Hall–Kier alpha value is -2.31. The topological polar surface area (TPSA) is 228 Å². The average Bonchev–Trinajstić information content (AvgIpc) is 3.28. The highest BCUT2D eigenvalue weighted by Gasteiger charge is 2.51. The van der Waals surface area contributed by atoms with Crippen molar-refractivity contribution in [2.75, 3.05) is 19.8 Å². The summed E-state index contributed by atoms with van der Waals surface area (Å²) in [6.45, 7) is 2.66. The molecule has 364 valence electrons. The van der Waals surface area contributed by atoms with Crippen molar-refractivity contribution in [2.45, 2.75) is 222 Å². The first kappa shape index (κ1) is 56.8. The van der Waals surface area contributed by atoms with Crippen LogP contribution in [0.25, 0.3) is 0 Å². The van der Waals surface area contributed by atoms with Crippen LogP contribution in [0.3, 0.4) is 0 Å². The number of allylic oxidation sites excluding steroid dienone is 10. The standard InChI is InChI=1S/C49H85NO13/c1-3-5-7-9-11-13-15-16-17-18-19-20-21-22-23-25-27-29-31-33-41(54)50-37(38(53)32-30-28-26-24-14-12-10-8-6-4-2)36-60-48-46(59)44(57)47(40(35-52)62-48)63-49-45(58)43(56)42(55)39(34-51)61-49/h5,7,11,13,16-17,19-20,22-23,37-40,42-49,51-53,55-59H,3-4,6,8-10,12,14-15,18,21,24-36H2,1-2H3,(H,50,54)/b7-5-,13-11-,17-16-,20-19-,23-22-. The number of aliphatic hydroxyl groups is 8. The Morgan fingerprint density at radius 1 is 0.587 bits per heavy atom. The molecule has 2 saturated heterocycles. The van der Waals surface area contributed by atoms with E-state index in [2.05, 4.69) is 79.9 Å². The van der Waals surface area contributed by atoms with Crippen molar-refractivity contribution in [2.24, 2.45) is 0 Å². The lowest BCUT2D eigenvalue weighted by Crippen LogP contribution is -2.65. The number of unbranched alkanes of at least 4 members (excludes halogenated alkanes) is 12. The molecule has 9 N–H and O–H groups in total. The first-order valence-corrected chi connectivity index (χ1v) is 24.0. The lowest BCUT2D eigenvalue weighted by molar-refractivity contribution is -0.359. The van der Waals surface area contributed by atoms with Crippen LogP contribution in [-0.4, -0.2) is 140 Å². The molecule has 1 amide bonds. The van der Waals surface area contributed by atoms with E-state index >= 15 is 0 Å². The highest BCUT2D eigenvalue weighted by atomic mass is 16.7. The smallest absolute Gasteiger partial charge is 0.220 e. The van der Waals surface area contributed by atoms with Gasteiger partial charge in [-0.3, -0.25) is 4.79 Å². The van der Waals surface area contributed by atoms with Crippen LogP contribution in [0.4, 0.5) is 0 Å². The molecule has 12 unspecified atom stereocenters. The molecule has 2 heterocycles. The highest BCUT2D eigenvalue weighted by Crippen LogP contribution is 2.30. The number of hydrogen-bond donors (Lipinski definition) is 9. The SMILES string of the molecule is CC/C=C\C/C=C\C/C=C\C/C=C\C/C=C\CCCCCC(=O)NC(COC1OC(CO)C(OC2OC(CO)C(O)C(O)C2O)C(O)C1O)C(O)CCCCCCCCCCCC. The van der Waals surface area contributed by atoms with E-state index in [0.29, 0.717) is 12.8 Å². The average molecular weight is 896 g/mol. The molecule has 2 rings (SSSR count).